The number of nitrogens with zero attached hydrogens (tertiary/aromatic N) is 1. The molecule has 0 spiro atoms. The van der Waals surface area contributed by atoms with E-state index in [2.05, 4.69) is 15.9 Å². The van der Waals surface area contributed by atoms with E-state index in [9.17, 15) is 4.79 Å². The van der Waals surface area contributed by atoms with Gasteiger partial charge in [0, 0.05) is 16.1 Å². The fourth-order valence-corrected chi connectivity index (χ4v) is 4.14. The van der Waals surface area contributed by atoms with Crippen molar-refractivity contribution in [1.29, 1.82) is 0 Å². The molecule has 1 saturated heterocycles. The molecule has 4 rings (SSSR count). The van der Waals surface area contributed by atoms with Crippen molar-refractivity contribution in [1.82, 2.24) is 0 Å². The van der Waals surface area contributed by atoms with Crippen LogP contribution < -0.4 is 4.90 Å². The number of anilines is 1. The zero-order valence-electron chi connectivity index (χ0n) is 13.4. The van der Waals surface area contributed by atoms with Crippen LogP contribution in [-0.2, 0) is 4.79 Å². The Morgan fingerprint density at radius 2 is 1.73 bits per heavy atom. The second kappa shape index (κ2) is 7.23. The number of thioether (sulfide) groups is 1. The molecule has 0 saturated carbocycles. The summed E-state index contributed by atoms with van der Waals surface area (Å²) in [6.07, 6.45) is 1.74. The molecule has 0 aliphatic carbocycles. The summed E-state index contributed by atoms with van der Waals surface area (Å²) in [4.78, 5) is 14.8. The third-order valence-electron chi connectivity index (χ3n) is 3.84. The van der Waals surface area contributed by atoms with E-state index in [1.807, 2.05) is 66.7 Å². The van der Waals surface area contributed by atoms with Crippen molar-refractivity contribution >= 4 is 61.9 Å². The average molecular weight is 442 g/mol. The lowest BCUT2D eigenvalue weighted by atomic mass is 10.2. The average Bonchev–Trinajstić information content (AvgIpc) is 3.21. The van der Waals surface area contributed by atoms with Gasteiger partial charge in [-0.2, -0.15) is 0 Å². The molecular weight excluding hydrogens is 430 g/mol. The predicted molar refractivity (Wildman–Crippen MR) is 114 cm³/mol. The van der Waals surface area contributed by atoms with Crippen molar-refractivity contribution < 1.29 is 9.21 Å². The van der Waals surface area contributed by atoms with Crippen LogP contribution in [0.1, 0.15) is 5.76 Å². The maximum Gasteiger partial charge on any atom is 0.270 e. The van der Waals surface area contributed by atoms with Gasteiger partial charge in [0.1, 0.15) is 11.5 Å². The number of benzene rings is 2. The molecule has 2 heterocycles. The zero-order chi connectivity index (χ0) is 18.1. The van der Waals surface area contributed by atoms with Gasteiger partial charge in [0.2, 0.25) is 0 Å². The van der Waals surface area contributed by atoms with Crippen molar-refractivity contribution in [2.45, 2.75) is 0 Å². The number of rotatable bonds is 3. The molecule has 0 atom stereocenters. The Labute approximate surface area is 168 Å². The molecule has 6 heteroatoms. The molecule has 128 valence electrons. The molecular formula is C20H12BrNO2S2. The third-order valence-corrected chi connectivity index (χ3v) is 5.67. The molecule has 1 aromatic heterocycles. The molecule has 3 nitrogen and oxygen atoms in total. The quantitative estimate of drug-likeness (QED) is 0.362. The number of halogens is 1. The fourth-order valence-electron chi connectivity index (χ4n) is 2.60. The van der Waals surface area contributed by atoms with Gasteiger partial charge in [0.05, 0.1) is 10.6 Å². The third kappa shape index (κ3) is 3.40. The van der Waals surface area contributed by atoms with Gasteiger partial charge in [-0.1, -0.05) is 70.2 Å². The van der Waals surface area contributed by atoms with Crippen molar-refractivity contribution in [3.63, 3.8) is 0 Å². The first kappa shape index (κ1) is 17.3. The van der Waals surface area contributed by atoms with Crippen molar-refractivity contribution in [3.8, 4) is 11.3 Å². The van der Waals surface area contributed by atoms with E-state index in [1.54, 1.807) is 11.0 Å². The monoisotopic (exact) mass is 441 g/mol. The van der Waals surface area contributed by atoms with Crippen LogP contribution in [0, 0.1) is 0 Å². The van der Waals surface area contributed by atoms with Crippen LogP contribution in [0.25, 0.3) is 17.4 Å². The molecule has 0 radical (unpaired) electrons. The van der Waals surface area contributed by atoms with E-state index in [-0.39, 0.29) is 5.91 Å². The summed E-state index contributed by atoms with van der Waals surface area (Å²) in [6, 6.07) is 21.0. The highest BCUT2D eigenvalue weighted by Gasteiger charge is 2.33. The van der Waals surface area contributed by atoms with E-state index in [4.69, 9.17) is 16.6 Å². The number of thiocarbonyl (C=S) groups is 1. The number of furan rings is 1. The molecule has 1 amide bonds. The number of hydrogen-bond donors (Lipinski definition) is 0. The Bertz CT molecular complexity index is 1010. The SMILES string of the molecule is O=C1C(=Cc2ccc(-c3ccc(Br)cc3)o2)SC(=S)N1c1ccccc1. The van der Waals surface area contributed by atoms with Crippen LogP contribution in [0.3, 0.4) is 0 Å². The van der Waals surface area contributed by atoms with Gasteiger partial charge in [-0.3, -0.25) is 9.69 Å². The van der Waals surface area contributed by atoms with Crippen molar-refractivity contribution in [2.75, 3.05) is 4.90 Å². The second-order valence-corrected chi connectivity index (χ2v) is 8.15. The first-order valence-corrected chi connectivity index (χ1v) is 9.82. The largest absolute Gasteiger partial charge is 0.457 e. The van der Waals surface area contributed by atoms with Crippen LogP contribution >= 0.6 is 39.9 Å². The smallest absolute Gasteiger partial charge is 0.270 e. The number of amides is 1. The van der Waals surface area contributed by atoms with Crippen LogP contribution in [0.2, 0.25) is 0 Å². The highest BCUT2D eigenvalue weighted by Crippen LogP contribution is 2.36. The highest BCUT2D eigenvalue weighted by atomic mass is 79.9. The summed E-state index contributed by atoms with van der Waals surface area (Å²) < 4.78 is 7.41. The molecule has 1 aliphatic heterocycles. The van der Waals surface area contributed by atoms with Gasteiger partial charge in [-0.05, 0) is 36.4 Å². The highest BCUT2D eigenvalue weighted by molar-refractivity contribution is 9.10. The van der Waals surface area contributed by atoms with Gasteiger partial charge < -0.3 is 4.42 Å². The normalized spacial score (nSPS) is 15.9. The summed E-state index contributed by atoms with van der Waals surface area (Å²) in [7, 11) is 0. The van der Waals surface area contributed by atoms with Crippen molar-refractivity contribution in [2.24, 2.45) is 0 Å². The molecule has 0 unspecified atom stereocenters. The van der Waals surface area contributed by atoms with E-state index in [0.717, 1.165) is 21.5 Å². The summed E-state index contributed by atoms with van der Waals surface area (Å²) in [6.45, 7) is 0. The standard InChI is InChI=1S/C20H12BrNO2S2/c21-14-8-6-13(7-9-14)17-11-10-16(24-17)12-18-19(23)22(20(25)26-18)15-4-2-1-3-5-15/h1-12H. The van der Waals surface area contributed by atoms with Gasteiger partial charge in [0.15, 0.2) is 4.32 Å². The summed E-state index contributed by atoms with van der Waals surface area (Å²) in [5.74, 6) is 1.24. The number of hydrogen-bond acceptors (Lipinski definition) is 4. The summed E-state index contributed by atoms with van der Waals surface area (Å²) in [5, 5.41) is 0. The minimum Gasteiger partial charge on any atom is -0.457 e. The van der Waals surface area contributed by atoms with E-state index < -0.39 is 0 Å². The van der Waals surface area contributed by atoms with Crippen molar-refractivity contribution in [3.05, 3.63) is 81.9 Å². The van der Waals surface area contributed by atoms with Gasteiger partial charge in [0.25, 0.3) is 5.91 Å². The number of para-hydroxylation sites is 1. The predicted octanol–water partition coefficient (Wildman–Crippen LogP) is 6.11. The molecule has 2 aromatic carbocycles. The molecule has 3 aromatic rings. The van der Waals surface area contributed by atoms with Gasteiger partial charge in [-0.25, -0.2) is 0 Å². The topological polar surface area (TPSA) is 33.5 Å². The summed E-state index contributed by atoms with van der Waals surface area (Å²) >= 11 is 10.1. The van der Waals surface area contributed by atoms with E-state index in [0.29, 0.717) is 15.0 Å². The Morgan fingerprint density at radius 1 is 1.00 bits per heavy atom. The van der Waals surface area contributed by atoms with E-state index in [1.165, 1.54) is 11.8 Å². The second-order valence-electron chi connectivity index (χ2n) is 5.56. The molecule has 0 bridgehead atoms. The molecule has 26 heavy (non-hydrogen) atoms. The first-order chi connectivity index (χ1) is 12.6. The number of carbonyl (C=O) groups is 1. The Kier molecular flexibility index (Phi) is 4.80. The van der Waals surface area contributed by atoms with Crippen LogP contribution in [-0.4, -0.2) is 10.2 Å². The Morgan fingerprint density at radius 3 is 2.46 bits per heavy atom. The molecule has 0 N–H and O–H groups in total. The lowest BCUT2D eigenvalue weighted by Gasteiger charge is -2.13. The summed E-state index contributed by atoms with van der Waals surface area (Å²) in [5.41, 5.74) is 1.75. The zero-order valence-corrected chi connectivity index (χ0v) is 16.6. The lowest BCUT2D eigenvalue weighted by Crippen LogP contribution is -2.27. The minimum absolute atomic E-state index is 0.132. The van der Waals surface area contributed by atoms with E-state index >= 15 is 0 Å². The maximum absolute atomic E-state index is 12.7. The maximum atomic E-state index is 12.7. The van der Waals surface area contributed by atoms with Crippen LogP contribution in [0.5, 0.6) is 0 Å². The van der Waals surface area contributed by atoms with Crippen LogP contribution in [0.15, 0.2) is 80.5 Å². The first-order valence-electron chi connectivity index (χ1n) is 7.80. The minimum atomic E-state index is -0.132. The number of carbonyl (C=O) groups excluding carboxylic acids is 1. The Hall–Kier alpha value is -2.15. The molecule has 1 aliphatic rings. The Balaban J connectivity index is 1.60. The lowest BCUT2D eigenvalue weighted by molar-refractivity contribution is -0.113. The molecule has 1 fully saturated rings. The fraction of sp³-hybridized carbons (Fsp3) is 0. The van der Waals surface area contributed by atoms with Gasteiger partial charge >= 0.3 is 0 Å². The van der Waals surface area contributed by atoms with Crippen LogP contribution in [0.4, 0.5) is 5.69 Å². The van der Waals surface area contributed by atoms with Gasteiger partial charge in [-0.15, -0.1) is 0 Å².